The molecule has 0 aliphatic carbocycles. The van der Waals surface area contributed by atoms with E-state index in [2.05, 4.69) is 20.6 Å². The molecule has 0 saturated heterocycles. The first-order valence-electron chi connectivity index (χ1n) is 8.37. The number of rotatable bonds is 6. The fourth-order valence-corrected chi connectivity index (χ4v) is 2.95. The monoisotopic (exact) mass is 368 g/mol. The summed E-state index contributed by atoms with van der Waals surface area (Å²) in [5, 5.41) is 6.56. The maximum Gasteiger partial charge on any atom is 0.166 e. The molecule has 2 N–H and O–H groups in total. The summed E-state index contributed by atoms with van der Waals surface area (Å²) in [5.41, 5.74) is 1.30. The zero-order valence-electron chi connectivity index (χ0n) is 15.0. The average molecular weight is 368 g/mol. The zero-order valence-corrected chi connectivity index (χ0v) is 15.8. The van der Waals surface area contributed by atoms with E-state index >= 15 is 0 Å². The quantitative estimate of drug-likeness (QED) is 0.557. The minimum atomic E-state index is -0.343. The number of thioether (sulfide) groups is 1. The van der Waals surface area contributed by atoms with Gasteiger partial charge in [0, 0.05) is 22.7 Å². The molecule has 2 aromatic carbocycles. The lowest BCUT2D eigenvalue weighted by molar-refractivity contribution is 0.630. The van der Waals surface area contributed by atoms with Crippen LogP contribution in [0.15, 0.2) is 59.5 Å². The van der Waals surface area contributed by atoms with Crippen molar-refractivity contribution >= 4 is 29.1 Å². The molecule has 0 saturated carbocycles. The lowest BCUT2D eigenvalue weighted by Gasteiger charge is -2.14. The van der Waals surface area contributed by atoms with Crippen molar-refractivity contribution in [3.8, 4) is 11.4 Å². The number of benzene rings is 2. The molecule has 0 aliphatic heterocycles. The van der Waals surface area contributed by atoms with Gasteiger partial charge in [-0.15, -0.1) is 11.8 Å². The van der Waals surface area contributed by atoms with E-state index in [-0.39, 0.29) is 11.9 Å². The maximum absolute atomic E-state index is 14.2. The van der Waals surface area contributed by atoms with E-state index in [1.807, 2.05) is 50.4 Å². The number of hydrogen-bond donors (Lipinski definition) is 2. The Balaban J connectivity index is 2.00. The first-order valence-corrected chi connectivity index (χ1v) is 9.59. The van der Waals surface area contributed by atoms with Crippen molar-refractivity contribution in [2.45, 2.75) is 24.8 Å². The Morgan fingerprint density at radius 2 is 1.73 bits per heavy atom. The molecule has 0 bridgehead atoms. The summed E-state index contributed by atoms with van der Waals surface area (Å²) in [7, 11) is 0. The van der Waals surface area contributed by atoms with Crippen LogP contribution in [0.4, 0.5) is 21.7 Å². The Morgan fingerprint density at radius 1 is 0.962 bits per heavy atom. The van der Waals surface area contributed by atoms with Crippen molar-refractivity contribution in [2.24, 2.45) is 0 Å². The van der Waals surface area contributed by atoms with Crippen molar-refractivity contribution in [2.75, 3.05) is 16.9 Å². The smallest absolute Gasteiger partial charge is 0.166 e. The Bertz CT molecular complexity index is 898. The fraction of sp³-hybridized carbons (Fsp3) is 0.200. The molecule has 3 rings (SSSR count). The molecule has 0 aliphatic rings. The van der Waals surface area contributed by atoms with Crippen LogP contribution in [0.2, 0.25) is 0 Å². The third-order valence-electron chi connectivity index (χ3n) is 3.62. The molecule has 0 spiro atoms. The van der Waals surface area contributed by atoms with Gasteiger partial charge in [-0.1, -0.05) is 18.2 Å². The molecule has 26 heavy (non-hydrogen) atoms. The van der Waals surface area contributed by atoms with Crippen LogP contribution < -0.4 is 10.6 Å². The molecule has 0 unspecified atom stereocenters. The molecule has 0 atom stereocenters. The van der Waals surface area contributed by atoms with Gasteiger partial charge < -0.3 is 10.6 Å². The number of halogens is 1. The highest BCUT2D eigenvalue weighted by Crippen LogP contribution is 2.26. The summed E-state index contributed by atoms with van der Waals surface area (Å²) < 4.78 is 14.2. The summed E-state index contributed by atoms with van der Waals surface area (Å²) in [6, 6.07) is 16.6. The molecule has 0 amide bonds. The summed E-state index contributed by atoms with van der Waals surface area (Å²) in [6.07, 6.45) is 2.03. The van der Waals surface area contributed by atoms with E-state index in [1.165, 1.54) is 6.07 Å². The highest BCUT2D eigenvalue weighted by molar-refractivity contribution is 7.98. The van der Waals surface area contributed by atoms with Gasteiger partial charge in [0.1, 0.15) is 17.5 Å². The number of anilines is 3. The third kappa shape index (κ3) is 4.52. The molecule has 1 heterocycles. The van der Waals surface area contributed by atoms with Crippen molar-refractivity contribution in [3.63, 3.8) is 0 Å². The number of hydrogen-bond acceptors (Lipinski definition) is 5. The topological polar surface area (TPSA) is 49.8 Å². The van der Waals surface area contributed by atoms with Crippen molar-refractivity contribution < 1.29 is 4.39 Å². The summed E-state index contributed by atoms with van der Waals surface area (Å²) in [5.74, 6) is 1.26. The predicted octanol–water partition coefficient (Wildman–Crippen LogP) is 5.57. The van der Waals surface area contributed by atoms with Gasteiger partial charge in [0.05, 0.1) is 5.56 Å². The van der Waals surface area contributed by atoms with Gasteiger partial charge in [0.2, 0.25) is 0 Å². The first-order chi connectivity index (χ1) is 12.5. The third-order valence-corrected chi connectivity index (χ3v) is 4.34. The van der Waals surface area contributed by atoms with Gasteiger partial charge in [-0.3, -0.25) is 0 Å². The molecular weight excluding hydrogens is 347 g/mol. The largest absolute Gasteiger partial charge is 0.368 e. The number of nitrogens with one attached hydrogen (secondary N) is 2. The van der Waals surface area contributed by atoms with Crippen LogP contribution in [-0.4, -0.2) is 22.3 Å². The standard InChI is InChI=1S/C20H21FN4S/c1-13(2)22-18-12-19(23-14-7-6-8-15(11-14)26-3)25-20(24-18)16-9-4-5-10-17(16)21/h4-13H,1-3H3,(H2,22,23,24,25). The van der Waals surface area contributed by atoms with Crippen LogP contribution in [0, 0.1) is 5.82 Å². The zero-order chi connectivity index (χ0) is 18.5. The van der Waals surface area contributed by atoms with Gasteiger partial charge >= 0.3 is 0 Å². The van der Waals surface area contributed by atoms with Crippen LogP contribution in [-0.2, 0) is 0 Å². The second kappa shape index (κ2) is 8.19. The lowest BCUT2D eigenvalue weighted by Crippen LogP contribution is -2.12. The Kier molecular flexibility index (Phi) is 5.73. The summed E-state index contributed by atoms with van der Waals surface area (Å²) >= 11 is 1.67. The molecule has 1 aromatic heterocycles. The molecule has 4 nitrogen and oxygen atoms in total. The van der Waals surface area contributed by atoms with Crippen LogP contribution >= 0.6 is 11.8 Å². The van der Waals surface area contributed by atoms with Crippen molar-refractivity contribution in [1.29, 1.82) is 0 Å². The highest BCUT2D eigenvalue weighted by Gasteiger charge is 2.12. The van der Waals surface area contributed by atoms with Crippen LogP contribution in [0.1, 0.15) is 13.8 Å². The van der Waals surface area contributed by atoms with Crippen molar-refractivity contribution in [1.82, 2.24) is 9.97 Å². The maximum atomic E-state index is 14.2. The minimum absolute atomic E-state index is 0.200. The molecular formula is C20H21FN4S. The van der Waals surface area contributed by atoms with E-state index in [9.17, 15) is 4.39 Å². The SMILES string of the molecule is CSc1cccc(Nc2cc(NC(C)C)nc(-c3ccccc3F)n2)c1. The number of aromatic nitrogens is 2. The van der Waals surface area contributed by atoms with Crippen LogP contribution in [0.25, 0.3) is 11.4 Å². The van der Waals surface area contributed by atoms with Crippen LogP contribution in [0.3, 0.4) is 0 Å². The minimum Gasteiger partial charge on any atom is -0.368 e. The normalized spacial score (nSPS) is 10.8. The Morgan fingerprint density at radius 3 is 2.46 bits per heavy atom. The van der Waals surface area contributed by atoms with E-state index in [0.29, 0.717) is 23.0 Å². The Labute approximate surface area is 157 Å². The predicted molar refractivity (Wildman–Crippen MR) is 108 cm³/mol. The second-order valence-corrected chi connectivity index (χ2v) is 6.98. The molecule has 6 heteroatoms. The van der Waals surface area contributed by atoms with Gasteiger partial charge in [-0.05, 0) is 50.4 Å². The molecule has 0 radical (unpaired) electrons. The van der Waals surface area contributed by atoms with Gasteiger partial charge in [0.15, 0.2) is 5.82 Å². The lowest BCUT2D eigenvalue weighted by atomic mass is 10.2. The van der Waals surface area contributed by atoms with E-state index < -0.39 is 0 Å². The van der Waals surface area contributed by atoms with Gasteiger partial charge in [0.25, 0.3) is 0 Å². The second-order valence-electron chi connectivity index (χ2n) is 6.10. The molecule has 0 fully saturated rings. The fourth-order valence-electron chi connectivity index (χ4n) is 2.49. The first kappa shape index (κ1) is 18.2. The highest BCUT2D eigenvalue weighted by atomic mass is 32.2. The van der Waals surface area contributed by atoms with E-state index in [0.717, 1.165) is 10.6 Å². The number of nitrogens with zero attached hydrogens (tertiary/aromatic N) is 2. The molecule has 134 valence electrons. The van der Waals surface area contributed by atoms with Gasteiger partial charge in [-0.2, -0.15) is 0 Å². The molecule has 3 aromatic rings. The van der Waals surface area contributed by atoms with E-state index in [4.69, 9.17) is 0 Å². The summed E-state index contributed by atoms with van der Waals surface area (Å²) in [4.78, 5) is 10.1. The van der Waals surface area contributed by atoms with Crippen molar-refractivity contribution in [3.05, 3.63) is 60.4 Å². The summed E-state index contributed by atoms with van der Waals surface area (Å²) in [6.45, 7) is 4.06. The van der Waals surface area contributed by atoms with Gasteiger partial charge in [-0.25, -0.2) is 14.4 Å². The average Bonchev–Trinajstić information content (AvgIpc) is 2.61. The van der Waals surface area contributed by atoms with Crippen LogP contribution in [0.5, 0.6) is 0 Å². The Hall–Kier alpha value is -2.60. The van der Waals surface area contributed by atoms with E-state index in [1.54, 1.807) is 30.0 Å².